The second kappa shape index (κ2) is 5.79. The minimum atomic E-state index is 0.298. The molecular weight excluding hydrogens is 264 g/mol. The summed E-state index contributed by atoms with van der Waals surface area (Å²) in [5.41, 5.74) is 3.47. The zero-order valence-electron chi connectivity index (χ0n) is 13.4. The second-order valence-electron chi connectivity index (χ2n) is 6.54. The van der Waals surface area contributed by atoms with Crippen LogP contribution in [0.2, 0.25) is 0 Å². The molecule has 116 valence electrons. The van der Waals surface area contributed by atoms with E-state index >= 15 is 0 Å². The van der Waals surface area contributed by atoms with Gasteiger partial charge in [0.05, 0.1) is 5.69 Å². The van der Waals surface area contributed by atoms with Crippen LogP contribution in [0.4, 0.5) is 0 Å². The fourth-order valence-corrected chi connectivity index (χ4v) is 3.74. The number of hydrogen-bond donors (Lipinski definition) is 1. The van der Waals surface area contributed by atoms with Gasteiger partial charge >= 0.3 is 0 Å². The summed E-state index contributed by atoms with van der Waals surface area (Å²) >= 11 is 0. The Morgan fingerprint density at radius 3 is 2.76 bits per heavy atom. The van der Waals surface area contributed by atoms with E-state index in [-0.39, 0.29) is 0 Å². The number of amides is 1. The molecular formula is C16H26N4O. The van der Waals surface area contributed by atoms with Gasteiger partial charge in [0, 0.05) is 44.3 Å². The molecule has 0 radical (unpaired) electrons. The van der Waals surface area contributed by atoms with Crippen LogP contribution in [0.1, 0.15) is 42.6 Å². The molecule has 0 aromatic carbocycles. The number of likely N-dealkylation sites (tertiary alicyclic amines) is 1. The Kier molecular flexibility index (Phi) is 4.02. The molecule has 2 saturated heterocycles. The molecule has 3 rings (SSSR count). The Balaban J connectivity index is 1.59. The van der Waals surface area contributed by atoms with Crippen LogP contribution in [-0.2, 0) is 18.3 Å². The standard InChI is InChI=1S/C16H26N4O/c1-11-15(12(2)19(3)18-11)6-7-16(21)20-9-8-13-4-5-14(10-20)17-13/h13-14,17H,4-10H2,1-3H3. The average molecular weight is 290 g/mol. The molecule has 1 aromatic rings. The maximum atomic E-state index is 12.5. The molecule has 2 fully saturated rings. The van der Waals surface area contributed by atoms with E-state index in [0.29, 0.717) is 24.4 Å². The predicted molar refractivity (Wildman–Crippen MR) is 82.1 cm³/mol. The van der Waals surface area contributed by atoms with Crippen LogP contribution >= 0.6 is 0 Å². The van der Waals surface area contributed by atoms with Crippen LogP contribution in [0, 0.1) is 13.8 Å². The van der Waals surface area contributed by atoms with Crippen molar-refractivity contribution in [2.24, 2.45) is 7.05 Å². The summed E-state index contributed by atoms with van der Waals surface area (Å²) in [7, 11) is 1.96. The van der Waals surface area contributed by atoms with E-state index in [2.05, 4.69) is 22.2 Å². The number of hydrogen-bond acceptors (Lipinski definition) is 3. The second-order valence-corrected chi connectivity index (χ2v) is 6.54. The van der Waals surface area contributed by atoms with E-state index < -0.39 is 0 Å². The maximum absolute atomic E-state index is 12.5. The first-order valence-corrected chi connectivity index (χ1v) is 8.07. The summed E-state index contributed by atoms with van der Waals surface area (Å²) in [6.07, 6.45) is 5.01. The summed E-state index contributed by atoms with van der Waals surface area (Å²) in [6, 6.07) is 1.15. The van der Waals surface area contributed by atoms with Gasteiger partial charge in [-0.1, -0.05) is 0 Å². The highest BCUT2D eigenvalue weighted by Crippen LogP contribution is 2.21. The van der Waals surface area contributed by atoms with Crippen LogP contribution in [0.3, 0.4) is 0 Å². The third-order valence-electron chi connectivity index (χ3n) is 5.12. The average Bonchev–Trinajstić information content (AvgIpc) is 2.88. The summed E-state index contributed by atoms with van der Waals surface area (Å²) in [5, 5.41) is 8.05. The molecule has 2 aliphatic rings. The maximum Gasteiger partial charge on any atom is 0.222 e. The number of nitrogens with zero attached hydrogens (tertiary/aromatic N) is 3. The first kappa shape index (κ1) is 14.6. The number of carbonyl (C=O) groups is 1. The van der Waals surface area contributed by atoms with Gasteiger partial charge in [-0.15, -0.1) is 0 Å². The van der Waals surface area contributed by atoms with Crippen molar-refractivity contribution >= 4 is 5.91 Å². The number of rotatable bonds is 3. The van der Waals surface area contributed by atoms with Crippen LogP contribution < -0.4 is 5.32 Å². The van der Waals surface area contributed by atoms with Gasteiger partial charge in [0.15, 0.2) is 0 Å². The SMILES string of the molecule is Cc1nn(C)c(C)c1CCC(=O)N1CCC2CCC(C1)N2. The van der Waals surface area contributed by atoms with Crippen LogP contribution in [0.15, 0.2) is 0 Å². The molecule has 1 amide bonds. The lowest BCUT2D eigenvalue weighted by atomic mass is 10.1. The first-order valence-electron chi connectivity index (χ1n) is 8.07. The first-order chi connectivity index (χ1) is 10.0. The normalized spacial score (nSPS) is 25.2. The molecule has 5 heteroatoms. The van der Waals surface area contributed by atoms with E-state index in [9.17, 15) is 4.79 Å². The number of aromatic nitrogens is 2. The molecule has 2 bridgehead atoms. The molecule has 5 nitrogen and oxygen atoms in total. The number of nitrogens with one attached hydrogen (secondary N) is 1. The van der Waals surface area contributed by atoms with Crippen molar-refractivity contribution in [3.05, 3.63) is 17.0 Å². The molecule has 0 saturated carbocycles. The Bertz CT molecular complexity index is 537. The van der Waals surface area contributed by atoms with Crippen molar-refractivity contribution in [2.75, 3.05) is 13.1 Å². The lowest BCUT2D eigenvalue weighted by Crippen LogP contribution is -2.39. The van der Waals surface area contributed by atoms with E-state index in [1.54, 1.807) is 0 Å². The third-order valence-corrected chi connectivity index (χ3v) is 5.12. The van der Waals surface area contributed by atoms with Gasteiger partial charge in [0.2, 0.25) is 5.91 Å². The highest BCUT2D eigenvalue weighted by atomic mass is 16.2. The van der Waals surface area contributed by atoms with Gasteiger partial charge in [-0.3, -0.25) is 9.48 Å². The Morgan fingerprint density at radius 1 is 1.29 bits per heavy atom. The van der Waals surface area contributed by atoms with Crippen molar-refractivity contribution < 1.29 is 4.79 Å². The van der Waals surface area contributed by atoms with Crippen molar-refractivity contribution in [1.29, 1.82) is 0 Å². The Morgan fingerprint density at radius 2 is 2.05 bits per heavy atom. The fourth-order valence-electron chi connectivity index (χ4n) is 3.74. The summed E-state index contributed by atoms with van der Waals surface area (Å²) in [6.45, 7) is 5.91. The van der Waals surface area contributed by atoms with E-state index in [1.165, 1.54) is 24.1 Å². The van der Waals surface area contributed by atoms with Crippen molar-refractivity contribution in [1.82, 2.24) is 20.0 Å². The fraction of sp³-hybridized carbons (Fsp3) is 0.750. The molecule has 3 heterocycles. The van der Waals surface area contributed by atoms with Gasteiger partial charge in [0.1, 0.15) is 0 Å². The minimum Gasteiger partial charge on any atom is -0.341 e. The van der Waals surface area contributed by atoms with E-state index in [0.717, 1.165) is 31.6 Å². The monoisotopic (exact) mass is 290 g/mol. The van der Waals surface area contributed by atoms with Gasteiger partial charge in [0.25, 0.3) is 0 Å². The van der Waals surface area contributed by atoms with Crippen LogP contribution in [0.5, 0.6) is 0 Å². The number of fused-ring (bicyclic) bond motifs is 2. The predicted octanol–water partition coefficient (Wildman–Crippen LogP) is 1.32. The highest BCUT2D eigenvalue weighted by molar-refractivity contribution is 5.76. The van der Waals surface area contributed by atoms with Gasteiger partial charge in [-0.2, -0.15) is 5.10 Å². The molecule has 1 aromatic heterocycles. The van der Waals surface area contributed by atoms with Gasteiger partial charge in [-0.05, 0) is 45.1 Å². The summed E-state index contributed by atoms with van der Waals surface area (Å²) in [5.74, 6) is 0.298. The van der Waals surface area contributed by atoms with Gasteiger partial charge in [-0.25, -0.2) is 0 Å². The summed E-state index contributed by atoms with van der Waals surface area (Å²) < 4.78 is 1.91. The van der Waals surface area contributed by atoms with Crippen LogP contribution in [0.25, 0.3) is 0 Å². The van der Waals surface area contributed by atoms with Crippen molar-refractivity contribution in [2.45, 2.75) is 58.0 Å². The van der Waals surface area contributed by atoms with Crippen molar-refractivity contribution in [3.63, 3.8) is 0 Å². The topological polar surface area (TPSA) is 50.2 Å². The molecule has 21 heavy (non-hydrogen) atoms. The smallest absolute Gasteiger partial charge is 0.222 e. The highest BCUT2D eigenvalue weighted by Gasteiger charge is 2.30. The molecule has 2 aliphatic heterocycles. The molecule has 0 spiro atoms. The Hall–Kier alpha value is -1.36. The van der Waals surface area contributed by atoms with E-state index in [4.69, 9.17) is 0 Å². The lowest BCUT2D eigenvalue weighted by Gasteiger charge is -2.24. The third kappa shape index (κ3) is 2.98. The molecule has 1 N–H and O–H groups in total. The molecule has 2 unspecified atom stereocenters. The van der Waals surface area contributed by atoms with Gasteiger partial charge < -0.3 is 10.2 Å². The largest absolute Gasteiger partial charge is 0.341 e. The summed E-state index contributed by atoms with van der Waals surface area (Å²) in [4.78, 5) is 14.6. The number of carbonyl (C=O) groups excluding carboxylic acids is 1. The van der Waals surface area contributed by atoms with Crippen LogP contribution in [-0.4, -0.2) is 45.8 Å². The lowest BCUT2D eigenvalue weighted by molar-refractivity contribution is -0.131. The Labute approximate surface area is 126 Å². The molecule has 0 aliphatic carbocycles. The minimum absolute atomic E-state index is 0.298. The van der Waals surface area contributed by atoms with Crippen molar-refractivity contribution in [3.8, 4) is 0 Å². The van der Waals surface area contributed by atoms with E-state index in [1.807, 2.05) is 18.7 Å². The molecule has 2 atom stereocenters. The zero-order valence-corrected chi connectivity index (χ0v) is 13.4. The number of aryl methyl sites for hydroxylation is 2. The zero-order chi connectivity index (χ0) is 15.0. The quantitative estimate of drug-likeness (QED) is 0.913.